The predicted molar refractivity (Wildman–Crippen MR) is 94.2 cm³/mol. The molecule has 0 heterocycles. The van der Waals surface area contributed by atoms with Crippen LogP contribution in [0.3, 0.4) is 0 Å². The first-order valence-electron chi connectivity index (χ1n) is 6.95. The zero-order valence-electron chi connectivity index (χ0n) is 12.8. The lowest BCUT2D eigenvalue weighted by atomic mass is 10.1. The molecular formula is C16H10ClF3N3O2S-. The number of benzene rings is 2. The summed E-state index contributed by atoms with van der Waals surface area (Å²) in [5.74, 6) is -1.37. The van der Waals surface area contributed by atoms with Gasteiger partial charge in [0.1, 0.15) is 0 Å². The van der Waals surface area contributed by atoms with Crippen molar-refractivity contribution in [1.82, 2.24) is 5.43 Å². The molecule has 0 unspecified atom stereocenters. The third kappa shape index (κ3) is 5.17. The quantitative estimate of drug-likeness (QED) is 0.468. The number of carbonyl (C=O) groups is 1. The van der Waals surface area contributed by atoms with Crippen molar-refractivity contribution >= 4 is 46.8 Å². The number of nitrogens with zero attached hydrogens (tertiary/aromatic N) is 1. The average molecular weight is 401 g/mol. The number of rotatable bonds is 4. The van der Waals surface area contributed by atoms with E-state index < -0.39 is 17.7 Å². The molecule has 0 radical (unpaired) electrons. The molecule has 2 N–H and O–H groups in total. The summed E-state index contributed by atoms with van der Waals surface area (Å²) in [6.45, 7) is 0. The van der Waals surface area contributed by atoms with Crippen LogP contribution in [0.25, 0.3) is 0 Å². The second-order valence-electron chi connectivity index (χ2n) is 4.89. The summed E-state index contributed by atoms with van der Waals surface area (Å²) in [5, 5.41) is 17.1. The number of carboxylic acids is 1. The van der Waals surface area contributed by atoms with Crippen LogP contribution in [0.5, 0.6) is 0 Å². The van der Waals surface area contributed by atoms with E-state index in [1.807, 2.05) is 0 Å². The molecule has 0 aliphatic heterocycles. The Morgan fingerprint density at radius 2 is 1.92 bits per heavy atom. The largest absolute Gasteiger partial charge is 0.545 e. The zero-order valence-corrected chi connectivity index (χ0v) is 14.4. The minimum absolute atomic E-state index is 0.0356. The van der Waals surface area contributed by atoms with Crippen LogP contribution < -0.4 is 15.8 Å². The molecular weight excluding hydrogens is 391 g/mol. The van der Waals surface area contributed by atoms with Gasteiger partial charge < -0.3 is 15.2 Å². The fourth-order valence-corrected chi connectivity index (χ4v) is 2.23. The monoisotopic (exact) mass is 400 g/mol. The van der Waals surface area contributed by atoms with Crippen LogP contribution in [0.4, 0.5) is 18.9 Å². The molecule has 136 valence electrons. The molecule has 0 aromatic heterocycles. The number of aromatic carboxylic acids is 1. The molecule has 0 fully saturated rings. The summed E-state index contributed by atoms with van der Waals surface area (Å²) in [5.41, 5.74) is 1.62. The van der Waals surface area contributed by atoms with Gasteiger partial charge in [-0.2, -0.15) is 18.3 Å². The lowest BCUT2D eigenvalue weighted by Gasteiger charge is -2.12. The van der Waals surface area contributed by atoms with Gasteiger partial charge in [0, 0.05) is 11.1 Å². The Kier molecular flexibility index (Phi) is 6.17. The molecule has 2 aromatic carbocycles. The second-order valence-corrected chi connectivity index (χ2v) is 5.71. The molecule has 5 nitrogen and oxygen atoms in total. The van der Waals surface area contributed by atoms with E-state index in [0.29, 0.717) is 0 Å². The van der Waals surface area contributed by atoms with Crippen LogP contribution >= 0.6 is 23.8 Å². The topological polar surface area (TPSA) is 76.5 Å². The SMILES string of the molecule is O=C([O-])c1ccccc1/C=N\NC(=S)Nc1cc(C(F)(F)F)ccc1Cl. The van der Waals surface area contributed by atoms with E-state index in [0.717, 1.165) is 18.2 Å². The number of carboxylic acid groups (broad SMARTS) is 1. The minimum atomic E-state index is -4.53. The highest BCUT2D eigenvalue weighted by molar-refractivity contribution is 7.80. The van der Waals surface area contributed by atoms with Crippen molar-refractivity contribution in [2.24, 2.45) is 5.10 Å². The number of anilines is 1. The first-order valence-corrected chi connectivity index (χ1v) is 7.74. The van der Waals surface area contributed by atoms with Crippen molar-refractivity contribution < 1.29 is 23.1 Å². The molecule has 0 atom stereocenters. The van der Waals surface area contributed by atoms with Gasteiger partial charge in [-0.1, -0.05) is 35.9 Å². The summed E-state index contributed by atoms with van der Waals surface area (Å²) in [4.78, 5) is 11.0. The molecule has 0 aliphatic rings. The van der Waals surface area contributed by atoms with Gasteiger partial charge >= 0.3 is 6.18 Å². The van der Waals surface area contributed by atoms with E-state index in [2.05, 4.69) is 15.8 Å². The van der Waals surface area contributed by atoms with Crippen molar-refractivity contribution in [2.75, 3.05) is 5.32 Å². The van der Waals surface area contributed by atoms with E-state index in [9.17, 15) is 23.1 Å². The summed E-state index contributed by atoms with van der Waals surface area (Å²) in [6.07, 6.45) is -3.34. The first-order chi connectivity index (χ1) is 12.2. The van der Waals surface area contributed by atoms with Crippen molar-refractivity contribution in [3.05, 3.63) is 64.2 Å². The lowest BCUT2D eigenvalue weighted by Crippen LogP contribution is -2.25. The standard InChI is InChI=1S/C16H11ClF3N3O2S/c17-12-6-5-10(16(18,19)20)7-13(12)22-15(26)23-21-8-9-3-1-2-4-11(9)14(24)25/h1-8H,(H,24,25)(H2,22,23,26)/p-1/b21-8-. The molecule has 2 rings (SSSR count). The molecule has 0 saturated heterocycles. The van der Waals surface area contributed by atoms with Crippen molar-refractivity contribution in [3.63, 3.8) is 0 Å². The van der Waals surface area contributed by atoms with Gasteiger partial charge in [-0.05, 0) is 30.4 Å². The maximum Gasteiger partial charge on any atom is 0.416 e. The molecule has 10 heteroatoms. The van der Waals surface area contributed by atoms with E-state index in [1.54, 1.807) is 6.07 Å². The average Bonchev–Trinajstić information content (AvgIpc) is 2.56. The number of carbonyl (C=O) groups excluding carboxylic acids is 1. The van der Waals surface area contributed by atoms with Gasteiger partial charge in [-0.3, -0.25) is 5.43 Å². The van der Waals surface area contributed by atoms with E-state index >= 15 is 0 Å². The number of hydrogen-bond acceptors (Lipinski definition) is 4. The Hall–Kier alpha value is -2.65. The van der Waals surface area contributed by atoms with Crippen molar-refractivity contribution in [3.8, 4) is 0 Å². The molecule has 0 amide bonds. The molecule has 0 aliphatic carbocycles. The van der Waals surface area contributed by atoms with E-state index in [-0.39, 0.29) is 26.9 Å². The first kappa shape index (κ1) is 19.7. The second kappa shape index (κ2) is 8.15. The van der Waals surface area contributed by atoms with Crippen molar-refractivity contribution in [1.29, 1.82) is 0 Å². The number of halogens is 4. The van der Waals surface area contributed by atoms with Crippen LogP contribution in [0, 0.1) is 0 Å². The summed E-state index contributed by atoms with van der Waals surface area (Å²) < 4.78 is 38.2. The molecule has 0 spiro atoms. The highest BCUT2D eigenvalue weighted by Gasteiger charge is 2.31. The number of hydrazone groups is 1. The number of hydrogen-bond donors (Lipinski definition) is 2. The zero-order chi connectivity index (χ0) is 19.3. The van der Waals surface area contributed by atoms with Crippen LogP contribution in [0.15, 0.2) is 47.6 Å². The summed E-state index contributed by atoms with van der Waals surface area (Å²) >= 11 is 10.8. The van der Waals surface area contributed by atoms with Crippen LogP contribution in [0.1, 0.15) is 21.5 Å². The van der Waals surface area contributed by atoms with E-state index in [1.165, 1.54) is 24.4 Å². The number of thiocarbonyl (C=S) groups is 1. The Morgan fingerprint density at radius 3 is 2.58 bits per heavy atom. The van der Waals surface area contributed by atoms with Gasteiger partial charge in [0.05, 0.1) is 28.5 Å². The lowest BCUT2D eigenvalue weighted by molar-refractivity contribution is -0.255. The Labute approximate surface area is 156 Å². The number of alkyl halides is 3. The maximum atomic E-state index is 12.7. The highest BCUT2D eigenvalue weighted by Crippen LogP contribution is 2.33. The summed E-state index contributed by atoms with van der Waals surface area (Å²) in [6, 6.07) is 8.72. The molecule has 2 aromatic rings. The fraction of sp³-hybridized carbons (Fsp3) is 0.0625. The minimum Gasteiger partial charge on any atom is -0.545 e. The third-order valence-corrected chi connectivity index (χ3v) is 3.62. The van der Waals surface area contributed by atoms with Crippen LogP contribution in [0.2, 0.25) is 5.02 Å². The molecule has 26 heavy (non-hydrogen) atoms. The van der Waals surface area contributed by atoms with E-state index in [4.69, 9.17) is 23.8 Å². The van der Waals surface area contributed by atoms with Crippen LogP contribution in [-0.2, 0) is 6.18 Å². The van der Waals surface area contributed by atoms with Gasteiger partial charge in [-0.15, -0.1) is 0 Å². The molecule has 0 bridgehead atoms. The Morgan fingerprint density at radius 1 is 1.23 bits per heavy atom. The Bertz CT molecular complexity index is 872. The predicted octanol–water partition coefficient (Wildman–Crippen LogP) is 3.04. The van der Waals surface area contributed by atoms with Gasteiger partial charge in [0.25, 0.3) is 0 Å². The summed E-state index contributed by atoms with van der Waals surface area (Å²) in [7, 11) is 0. The van der Waals surface area contributed by atoms with Crippen LogP contribution in [-0.4, -0.2) is 17.3 Å². The number of nitrogens with one attached hydrogen (secondary N) is 2. The highest BCUT2D eigenvalue weighted by atomic mass is 35.5. The van der Waals surface area contributed by atoms with Crippen molar-refractivity contribution in [2.45, 2.75) is 6.18 Å². The fourth-order valence-electron chi connectivity index (χ4n) is 1.90. The normalized spacial score (nSPS) is 11.4. The smallest absolute Gasteiger partial charge is 0.416 e. The van der Waals surface area contributed by atoms with Gasteiger partial charge in [-0.25, -0.2) is 0 Å². The molecule has 0 saturated carbocycles. The maximum absolute atomic E-state index is 12.7. The van der Waals surface area contributed by atoms with Gasteiger partial charge in [0.2, 0.25) is 0 Å². The Balaban J connectivity index is 2.07. The third-order valence-electron chi connectivity index (χ3n) is 3.09. The van der Waals surface area contributed by atoms with Gasteiger partial charge in [0.15, 0.2) is 5.11 Å².